The zero-order chi connectivity index (χ0) is 28.8. The molecule has 0 aliphatic carbocycles. The minimum Gasteiger partial charge on any atom is -0.483 e. The monoisotopic (exact) mass is 689 g/mol. The number of H-pyrrole nitrogens is 1. The molecule has 4 aromatic rings. The Morgan fingerprint density at radius 1 is 0.976 bits per heavy atom. The lowest BCUT2D eigenvalue weighted by Crippen LogP contribution is -2.32. The fraction of sp³-hybridized carbons (Fsp3) is 0.143. The molecule has 208 valence electrons. The number of nitrogens with zero attached hydrogens (tertiary/aromatic N) is 1. The van der Waals surface area contributed by atoms with Crippen molar-refractivity contribution in [2.24, 2.45) is 5.92 Å². The van der Waals surface area contributed by atoms with Crippen molar-refractivity contribution in [2.45, 2.75) is 16.2 Å². The van der Waals surface area contributed by atoms with Crippen LogP contribution in [0.15, 0.2) is 81.0 Å². The summed E-state index contributed by atoms with van der Waals surface area (Å²) in [6.07, 6.45) is 0. The number of hydrogen-bond donors (Lipinski definition) is 2. The number of nitrogens with one attached hydrogen (secondary N) is 2. The van der Waals surface area contributed by atoms with E-state index in [9.17, 15) is 19.2 Å². The van der Waals surface area contributed by atoms with Gasteiger partial charge in [-0.3, -0.25) is 19.2 Å². The van der Waals surface area contributed by atoms with Gasteiger partial charge in [0, 0.05) is 36.6 Å². The van der Waals surface area contributed by atoms with Crippen LogP contribution in [-0.4, -0.2) is 34.6 Å². The van der Waals surface area contributed by atoms with Gasteiger partial charge in [0.1, 0.15) is 11.0 Å². The Kier molecular flexibility index (Phi) is 7.73. The van der Waals surface area contributed by atoms with E-state index in [1.807, 2.05) is 0 Å². The van der Waals surface area contributed by atoms with Gasteiger partial charge >= 0.3 is 4.87 Å². The topological polar surface area (TPSA) is 109 Å². The van der Waals surface area contributed by atoms with E-state index in [1.165, 1.54) is 16.7 Å². The van der Waals surface area contributed by atoms with Crippen LogP contribution in [0.4, 0.5) is 11.4 Å². The van der Waals surface area contributed by atoms with Gasteiger partial charge in [-0.05, 0) is 66.7 Å². The van der Waals surface area contributed by atoms with Crippen LogP contribution in [0.25, 0.3) is 0 Å². The van der Waals surface area contributed by atoms with Gasteiger partial charge in [0.05, 0.1) is 16.6 Å². The molecule has 1 fully saturated rings. The van der Waals surface area contributed by atoms with Crippen molar-refractivity contribution in [3.8, 4) is 5.75 Å². The summed E-state index contributed by atoms with van der Waals surface area (Å²) in [7, 11) is 0. The van der Waals surface area contributed by atoms with Gasteiger partial charge in [-0.2, -0.15) is 0 Å². The first-order valence-electron chi connectivity index (χ1n) is 12.2. The number of rotatable bonds is 6. The number of carbonyl (C=O) groups is 3. The SMILES string of the molecule is O=C(COc1ccc(Cl)cc1C1c2sc(=O)[nH]c2SC2C(=O)N(c3ccc(Br)cc3)C(=O)C21)Nc1ccc(Cl)cc1. The summed E-state index contributed by atoms with van der Waals surface area (Å²) >= 11 is 17.9. The first-order chi connectivity index (χ1) is 19.7. The van der Waals surface area contributed by atoms with Crippen molar-refractivity contribution in [3.05, 3.63) is 101 Å². The lowest BCUT2D eigenvalue weighted by Gasteiger charge is -2.31. The number of fused-ring (bicyclic) bond motifs is 2. The quantitative estimate of drug-likeness (QED) is 0.229. The molecule has 8 nitrogen and oxygen atoms in total. The number of anilines is 2. The zero-order valence-corrected chi connectivity index (χ0v) is 25.5. The van der Waals surface area contributed by atoms with Crippen molar-refractivity contribution < 1.29 is 19.1 Å². The Hall–Kier alpha value is -3.09. The molecule has 2 aliphatic rings. The molecule has 2 aliphatic heterocycles. The summed E-state index contributed by atoms with van der Waals surface area (Å²) < 4.78 is 6.77. The van der Waals surface area contributed by atoms with Crippen molar-refractivity contribution in [2.75, 3.05) is 16.8 Å². The number of thioether (sulfide) groups is 1. The molecule has 3 heterocycles. The van der Waals surface area contributed by atoms with Crippen LogP contribution in [0.3, 0.4) is 0 Å². The molecule has 0 saturated carbocycles. The Bertz CT molecular complexity index is 1740. The van der Waals surface area contributed by atoms with Crippen LogP contribution in [0.2, 0.25) is 10.0 Å². The standard InChI is InChI=1S/C28H18BrCl2N3O5S2/c29-13-1-8-17(9-2-13)34-26(36)22-21(23-25(33-28(38)41-23)40-24(22)27(34)37)18-11-15(31)5-10-19(18)39-12-20(35)32-16-6-3-14(30)4-7-16/h1-11,21-22,24H,12H2,(H,32,35)(H,33,38). The number of ether oxygens (including phenoxy) is 1. The normalized spacial score (nSPS) is 19.6. The van der Waals surface area contributed by atoms with Gasteiger partial charge in [0.25, 0.3) is 5.91 Å². The van der Waals surface area contributed by atoms with Gasteiger partial charge in [-0.1, -0.05) is 62.2 Å². The summed E-state index contributed by atoms with van der Waals surface area (Å²) in [4.78, 5) is 57.1. The zero-order valence-electron chi connectivity index (χ0n) is 20.7. The average Bonchev–Trinajstić information content (AvgIpc) is 3.44. The van der Waals surface area contributed by atoms with E-state index in [4.69, 9.17) is 27.9 Å². The van der Waals surface area contributed by atoms with E-state index in [0.717, 1.165) is 15.8 Å². The third-order valence-corrected chi connectivity index (χ3v) is 10.1. The first-order valence-corrected chi connectivity index (χ1v) is 15.4. The van der Waals surface area contributed by atoms with Crippen LogP contribution in [0.5, 0.6) is 5.75 Å². The number of benzene rings is 3. The van der Waals surface area contributed by atoms with E-state index in [-0.39, 0.29) is 17.4 Å². The molecule has 0 spiro atoms. The van der Waals surface area contributed by atoms with Crippen LogP contribution < -0.4 is 19.8 Å². The van der Waals surface area contributed by atoms with Crippen LogP contribution in [0.1, 0.15) is 16.4 Å². The highest BCUT2D eigenvalue weighted by Gasteiger charge is 2.56. The second-order valence-electron chi connectivity index (χ2n) is 9.26. The van der Waals surface area contributed by atoms with Crippen LogP contribution in [-0.2, 0) is 14.4 Å². The molecule has 41 heavy (non-hydrogen) atoms. The molecule has 3 atom stereocenters. The van der Waals surface area contributed by atoms with Crippen molar-refractivity contribution >= 4 is 91.3 Å². The Morgan fingerprint density at radius 3 is 2.41 bits per heavy atom. The Labute approximate surface area is 260 Å². The van der Waals surface area contributed by atoms with Gasteiger partial charge in [-0.15, -0.1) is 0 Å². The van der Waals surface area contributed by atoms with Gasteiger partial charge in [0.2, 0.25) is 11.8 Å². The number of carbonyl (C=O) groups excluding carboxylic acids is 3. The smallest absolute Gasteiger partial charge is 0.305 e. The molecule has 1 aromatic heterocycles. The first kappa shape index (κ1) is 28.0. The van der Waals surface area contributed by atoms with E-state index in [1.54, 1.807) is 66.7 Å². The predicted molar refractivity (Wildman–Crippen MR) is 164 cm³/mol. The molecule has 1 saturated heterocycles. The number of aromatic nitrogens is 1. The number of imide groups is 1. The van der Waals surface area contributed by atoms with E-state index in [2.05, 4.69) is 26.2 Å². The van der Waals surface area contributed by atoms with Gasteiger partial charge in [-0.25, -0.2) is 4.90 Å². The maximum absolute atomic E-state index is 14.0. The van der Waals surface area contributed by atoms with Crippen molar-refractivity contribution in [1.82, 2.24) is 4.98 Å². The third kappa shape index (κ3) is 5.44. The molecular weight excluding hydrogens is 673 g/mol. The molecule has 0 bridgehead atoms. The second-order valence-corrected chi connectivity index (χ2v) is 13.2. The maximum atomic E-state index is 14.0. The Balaban J connectivity index is 1.36. The minimum atomic E-state index is -0.834. The molecule has 2 N–H and O–H groups in total. The summed E-state index contributed by atoms with van der Waals surface area (Å²) in [5.74, 6) is -2.42. The van der Waals surface area contributed by atoms with Crippen molar-refractivity contribution in [3.63, 3.8) is 0 Å². The van der Waals surface area contributed by atoms with Gasteiger partial charge < -0.3 is 15.0 Å². The fourth-order valence-corrected chi connectivity index (χ4v) is 8.04. The minimum absolute atomic E-state index is 0.302. The van der Waals surface area contributed by atoms with Gasteiger partial charge in [0.15, 0.2) is 6.61 Å². The largest absolute Gasteiger partial charge is 0.483 e. The summed E-state index contributed by atoms with van der Waals surface area (Å²) in [5.41, 5.74) is 1.51. The van der Waals surface area contributed by atoms with E-state index < -0.39 is 28.9 Å². The summed E-state index contributed by atoms with van der Waals surface area (Å²) in [5, 5.41) is 3.40. The lowest BCUT2D eigenvalue weighted by molar-refractivity contribution is -0.122. The molecule has 3 amide bonds. The lowest BCUT2D eigenvalue weighted by atomic mass is 9.82. The number of hydrogen-bond acceptors (Lipinski definition) is 7. The van der Waals surface area contributed by atoms with E-state index in [0.29, 0.717) is 42.6 Å². The molecular formula is C28H18BrCl2N3O5S2. The van der Waals surface area contributed by atoms with E-state index >= 15 is 0 Å². The summed E-state index contributed by atoms with van der Waals surface area (Å²) in [6, 6.07) is 18.4. The molecule has 13 heteroatoms. The highest BCUT2D eigenvalue weighted by molar-refractivity contribution is 9.10. The van der Waals surface area contributed by atoms with Crippen LogP contribution in [0, 0.1) is 5.92 Å². The fourth-order valence-electron chi connectivity index (χ4n) is 4.96. The maximum Gasteiger partial charge on any atom is 0.305 e. The van der Waals surface area contributed by atoms with Crippen molar-refractivity contribution in [1.29, 1.82) is 0 Å². The molecule has 0 radical (unpaired) electrons. The Morgan fingerprint density at radius 2 is 1.68 bits per heavy atom. The second kappa shape index (κ2) is 11.3. The predicted octanol–water partition coefficient (Wildman–Crippen LogP) is 6.32. The number of thiazole rings is 1. The number of amides is 3. The van der Waals surface area contributed by atoms with Crippen LogP contribution >= 0.6 is 62.2 Å². The average molecular weight is 691 g/mol. The number of halogens is 3. The molecule has 3 unspecified atom stereocenters. The highest BCUT2D eigenvalue weighted by Crippen LogP contribution is 2.54. The number of aromatic amines is 1. The summed E-state index contributed by atoms with van der Waals surface area (Å²) in [6.45, 7) is -0.332. The highest BCUT2D eigenvalue weighted by atomic mass is 79.9. The molecule has 3 aromatic carbocycles. The molecule has 6 rings (SSSR count). The third-order valence-electron chi connectivity index (χ3n) is 6.70.